The number of nitrogens with zero attached hydrogens (tertiary/aromatic N) is 4. The molecular weight excluding hydrogens is 541 g/mol. The summed E-state index contributed by atoms with van der Waals surface area (Å²) < 4.78 is 21.2. The zero-order valence-corrected chi connectivity index (χ0v) is 23.7. The number of aromatic nitrogens is 2. The number of piperidine rings is 2. The Morgan fingerprint density at radius 3 is 2.55 bits per heavy atom. The highest BCUT2D eigenvalue weighted by atomic mass is 19.1. The van der Waals surface area contributed by atoms with Crippen molar-refractivity contribution in [3.63, 3.8) is 0 Å². The quantitative estimate of drug-likeness (QED) is 0.410. The number of amides is 3. The first kappa shape index (κ1) is 28.2. The number of hydrogen-bond acceptors (Lipinski definition) is 8. The first-order valence-electron chi connectivity index (χ1n) is 14.5. The maximum atomic E-state index is 16.4. The van der Waals surface area contributed by atoms with Gasteiger partial charge in [-0.1, -0.05) is 49.3 Å². The van der Waals surface area contributed by atoms with Gasteiger partial charge in [-0.2, -0.15) is 4.98 Å². The molecule has 2 saturated heterocycles. The maximum Gasteiger partial charge on any atom is 0.255 e. The van der Waals surface area contributed by atoms with E-state index in [0.717, 1.165) is 11.1 Å². The van der Waals surface area contributed by atoms with E-state index in [1.54, 1.807) is 12.1 Å². The number of imide groups is 1. The summed E-state index contributed by atoms with van der Waals surface area (Å²) in [7, 11) is 0. The monoisotopic (exact) mass is 575 g/mol. The molecule has 1 aromatic heterocycles. The summed E-state index contributed by atoms with van der Waals surface area (Å²) >= 11 is 0. The molecule has 6 rings (SSSR count). The number of carbonyl (C=O) groups is 3. The Balaban J connectivity index is 1.24. The molecule has 4 heterocycles. The van der Waals surface area contributed by atoms with Crippen molar-refractivity contribution in [2.45, 2.75) is 70.7 Å². The lowest BCUT2D eigenvalue weighted by Gasteiger charge is -2.54. The van der Waals surface area contributed by atoms with Crippen molar-refractivity contribution in [2.75, 3.05) is 13.1 Å². The van der Waals surface area contributed by atoms with E-state index in [-0.39, 0.29) is 42.0 Å². The van der Waals surface area contributed by atoms with Crippen LogP contribution in [0.15, 0.2) is 47.3 Å². The lowest BCUT2D eigenvalue weighted by Crippen LogP contribution is -2.57. The summed E-state index contributed by atoms with van der Waals surface area (Å²) in [5, 5.41) is 18.5. The predicted octanol–water partition coefficient (Wildman–Crippen LogP) is 3.54. The van der Waals surface area contributed by atoms with Crippen LogP contribution in [0.25, 0.3) is 11.4 Å². The summed E-state index contributed by atoms with van der Waals surface area (Å²) in [6.45, 7) is 5.78. The lowest BCUT2D eigenvalue weighted by atomic mass is 9.61. The molecule has 3 aliphatic heterocycles. The molecule has 2 atom stereocenters. The molecule has 3 amide bonds. The molecule has 0 spiro atoms. The number of aliphatic hydroxyl groups is 1. The second kappa shape index (κ2) is 10.7. The summed E-state index contributed by atoms with van der Waals surface area (Å²) in [6.07, 6.45) is 3.21. The van der Waals surface area contributed by atoms with Crippen molar-refractivity contribution in [2.24, 2.45) is 5.41 Å². The molecule has 1 unspecified atom stereocenters. The maximum absolute atomic E-state index is 16.4. The second-order valence-electron chi connectivity index (χ2n) is 11.6. The Morgan fingerprint density at radius 2 is 1.88 bits per heavy atom. The number of rotatable bonds is 7. The van der Waals surface area contributed by atoms with Crippen molar-refractivity contribution >= 4 is 17.7 Å². The van der Waals surface area contributed by atoms with Crippen LogP contribution >= 0.6 is 0 Å². The largest absolute Gasteiger partial charge is 0.384 e. The number of halogens is 1. The smallest absolute Gasteiger partial charge is 0.255 e. The molecule has 3 aromatic rings. The molecule has 3 aliphatic rings. The Morgan fingerprint density at radius 1 is 1.12 bits per heavy atom. The van der Waals surface area contributed by atoms with Crippen molar-refractivity contribution in [1.29, 1.82) is 0 Å². The number of nitrogens with one attached hydrogen (secondary N) is 1. The van der Waals surface area contributed by atoms with Crippen LogP contribution in [0, 0.1) is 11.2 Å². The molecular formula is C31H34FN5O5. The van der Waals surface area contributed by atoms with E-state index in [2.05, 4.69) is 20.4 Å². The van der Waals surface area contributed by atoms with Gasteiger partial charge in [0.15, 0.2) is 0 Å². The van der Waals surface area contributed by atoms with Crippen LogP contribution < -0.4 is 5.32 Å². The van der Waals surface area contributed by atoms with E-state index in [9.17, 15) is 19.5 Å². The van der Waals surface area contributed by atoms with Gasteiger partial charge < -0.3 is 14.5 Å². The number of carbonyl (C=O) groups excluding carboxylic acids is 3. The molecule has 0 aliphatic carbocycles. The van der Waals surface area contributed by atoms with Crippen LogP contribution in [0.1, 0.15) is 73.0 Å². The topological polar surface area (TPSA) is 129 Å². The lowest BCUT2D eigenvalue weighted by molar-refractivity contribution is -0.150. The number of likely N-dealkylation sites (tertiary alicyclic amines) is 1. The number of benzene rings is 2. The van der Waals surface area contributed by atoms with Crippen molar-refractivity contribution in [3.05, 3.63) is 70.9 Å². The van der Waals surface area contributed by atoms with E-state index < -0.39 is 34.7 Å². The van der Waals surface area contributed by atoms with E-state index in [0.29, 0.717) is 44.7 Å². The zero-order chi connectivity index (χ0) is 29.6. The average Bonchev–Trinajstić information content (AvgIpc) is 3.64. The van der Waals surface area contributed by atoms with Gasteiger partial charge in [-0.15, -0.1) is 0 Å². The first-order chi connectivity index (χ1) is 20.2. The van der Waals surface area contributed by atoms with Crippen LogP contribution in [0.4, 0.5) is 4.39 Å². The number of fused-ring (bicyclic) bond motifs is 1. The van der Waals surface area contributed by atoms with Crippen LogP contribution in [-0.2, 0) is 28.3 Å². The summed E-state index contributed by atoms with van der Waals surface area (Å²) in [5.74, 6) is -1.42. The fraction of sp³-hybridized carbons (Fsp3) is 0.452. The van der Waals surface area contributed by atoms with Gasteiger partial charge in [0.2, 0.25) is 24.0 Å². The van der Waals surface area contributed by atoms with E-state index in [4.69, 9.17) is 4.52 Å². The third kappa shape index (κ3) is 4.51. The van der Waals surface area contributed by atoms with Crippen LogP contribution in [0.5, 0.6) is 0 Å². The molecule has 42 heavy (non-hydrogen) atoms. The van der Waals surface area contributed by atoms with Crippen molar-refractivity contribution in [3.8, 4) is 11.4 Å². The SMILES string of the molecule is CCC1(CC)CN(Cc2ccc(-c3ncon3)cc2)CC[C@]1(O)c1ccc2c(c1F)CN(C1CCC(=O)NC1=O)C2=O. The summed E-state index contributed by atoms with van der Waals surface area (Å²) in [4.78, 5) is 45.0. The van der Waals surface area contributed by atoms with Gasteiger partial charge in [-0.05, 0) is 37.3 Å². The van der Waals surface area contributed by atoms with E-state index in [1.165, 1.54) is 11.3 Å². The third-order valence-electron chi connectivity index (χ3n) is 9.62. The molecule has 2 N–H and O–H groups in total. The fourth-order valence-electron chi connectivity index (χ4n) is 7.08. The van der Waals surface area contributed by atoms with Gasteiger partial charge in [0.25, 0.3) is 5.91 Å². The minimum atomic E-state index is -1.44. The van der Waals surface area contributed by atoms with Crippen LogP contribution in [-0.4, -0.2) is 61.9 Å². The molecule has 2 aromatic carbocycles. The summed E-state index contributed by atoms with van der Waals surface area (Å²) in [5.41, 5.74) is 0.484. The fourth-order valence-corrected chi connectivity index (χ4v) is 7.08. The molecule has 0 radical (unpaired) electrons. The Bertz CT molecular complexity index is 1520. The minimum Gasteiger partial charge on any atom is -0.384 e. The van der Waals surface area contributed by atoms with Gasteiger partial charge in [0.1, 0.15) is 17.5 Å². The minimum absolute atomic E-state index is 0.0760. The Hall–Kier alpha value is -3.96. The highest BCUT2D eigenvalue weighted by Crippen LogP contribution is 2.52. The van der Waals surface area contributed by atoms with Gasteiger partial charge in [0.05, 0.1) is 6.54 Å². The Labute approximate surface area is 242 Å². The van der Waals surface area contributed by atoms with Gasteiger partial charge in [-0.3, -0.25) is 24.6 Å². The van der Waals surface area contributed by atoms with Crippen LogP contribution in [0.2, 0.25) is 0 Å². The molecule has 10 nitrogen and oxygen atoms in total. The van der Waals surface area contributed by atoms with E-state index >= 15 is 4.39 Å². The first-order valence-corrected chi connectivity index (χ1v) is 14.5. The van der Waals surface area contributed by atoms with Crippen molar-refractivity contribution < 1.29 is 28.4 Å². The van der Waals surface area contributed by atoms with Gasteiger partial charge in [-0.25, -0.2) is 4.39 Å². The number of hydrogen-bond donors (Lipinski definition) is 2. The molecule has 0 saturated carbocycles. The predicted molar refractivity (Wildman–Crippen MR) is 149 cm³/mol. The molecule has 2 fully saturated rings. The second-order valence-corrected chi connectivity index (χ2v) is 11.6. The van der Waals surface area contributed by atoms with Gasteiger partial charge in [0, 0.05) is 53.7 Å². The van der Waals surface area contributed by atoms with Gasteiger partial charge >= 0.3 is 0 Å². The van der Waals surface area contributed by atoms with E-state index in [1.807, 2.05) is 38.1 Å². The molecule has 0 bridgehead atoms. The average molecular weight is 576 g/mol. The third-order valence-corrected chi connectivity index (χ3v) is 9.62. The molecule has 11 heteroatoms. The zero-order valence-electron chi connectivity index (χ0n) is 23.7. The highest BCUT2D eigenvalue weighted by Gasteiger charge is 2.54. The highest BCUT2D eigenvalue weighted by molar-refractivity contribution is 6.05. The standard InChI is InChI=1S/C31H34FN5O5/c1-3-30(4-2)17-36(15-19-5-7-20(8-6-19)27-33-18-42-35-27)14-13-31(30,41)23-10-9-21-22(26(23)32)16-37(29(21)40)24-11-12-25(38)34-28(24)39/h5-10,18,24,41H,3-4,11-17H2,1-2H3,(H,34,38,39)/t24?,31-/m0/s1. The summed E-state index contributed by atoms with van der Waals surface area (Å²) in [6, 6.07) is 10.2. The Kier molecular flexibility index (Phi) is 7.18. The normalized spacial score (nSPS) is 24.1. The van der Waals surface area contributed by atoms with Crippen LogP contribution in [0.3, 0.4) is 0 Å². The van der Waals surface area contributed by atoms with Crippen molar-refractivity contribution in [1.82, 2.24) is 25.3 Å². The molecule has 220 valence electrons.